The standard InChI is InChI=1S/C18H20F6N4O2S/c1-8-13(31-15(27-8)14(30)26-7-11(29)18(22,23)24)9-6-25-12(28-16(2,3)4)5-10(9)17(19,20)21/h5-6,11,29H,7H2,1-4H3,(H,25,28)(H,26,30). The lowest BCUT2D eigenvalue weighted by atomic mass is 10.1. The fourth-order valence-corrected chi connectivity index (χ4v) is 3.45. The van der Waals surface area contributed by atoms with Gasteiger partial charge in [0, 0.05) is 17.3 Å². The maximum atomic E-state index is 13.7. The number of alkyl halides is 6. The topological polar surface area (TPSA) is 87.1 Å². The van der Waals surface area contributed by atoms with Crippen molar-refractivity contribution in [2.45, 2.75) is 51.7 Å². The Balaban J connectivity index is 2.37. The number of aliphatic hydroxyl groups is 1. The van der Waals surface area contributed by atoms with E-state index in [1.807, 2.05) is 5.32 Å². The average Bonchev–Trinajstić information content (AvgIpc) is 2.98. The minimum atomic E-state index is -4.92. The van der Waals surface area contributed by atoms with Crippen LogP contribution >= 0.6 is 11.3 Å². The molecule has 3 N–H and O–H groups in total. The van der Waals surface area contributed by atoms with Crippen LogP contribution in [-0.2, 0) is 6.18 Å². The van der Waals surface area contributed by atoms with Crippen molar-refractivity contribution >= 4 is 23.1 Å². The summed E-state index contributed by atoms with van der Waals surface area (Å²) in [6.45, 7) is 5.52. The van der Waals surface area contributed by atoms with E-state index in [-0.39, 0.29) is 27.0 Å². The van der Waals surface area contributed by atoms with E-state index in [9.17, 15) is 31.1 Å². The van der Waals surface area contributed by atoms with Gasteiger partial charge in [-0.25, -0.2) is 9.97 Å². The molecule has 0 spiro atoms. The molecule has 2 rings (SSSR count). The van der Waals surface area contributed by atoms with Gasteiger partial charge in [0.1, 0.15) is 5.82 Å². The lowest BCUT2D eigenvalue weighted by Gasteiger charge is -2.22. The van der Waals surface area contributed by atoms with Gasteiger partial charge in [0.15, 0.2) is 11.1 Å². The lowest BCUT2D eigenvalue weighted by Crippen LogP contribution is -2.40. The number of nitrogens with one attached hydrogen (secondary N) is 2. The normalized spacial score (nSPS) is 13.8. The molecule has 2 aromatic heterocycles. The van der Waals surface area contributed by atoms with Crippen molar-refractivity contribution < 1.29 is 36.2 Å². The minimum Gasteiger partial charge on any atom is -0.382 e. The number of anilines is 1. The van der Waals surface area contributed by atoms with Crippen molar-refractivity contribution in [3.8, 4) is 10.4 Å². The number of thiazole rings is 1. The SMILES string of the molecule is Cc1nc(C(=O)NCC(O)C(F)(F)F)sc1-c1cnc(NC(C)(C)C)cc1C(F)(F)F. The van der Waals surface area contributed by atoms with E-state index in [4.69, 9.17) is 5.11 Å². The Bertz CT molecular complexity index is 950. The number of halogens is 6. The Morgan fingerprint density at radius 2 is 1.81 bits per heavy atom. The fraction of sp³-hybridized carbons (Fsp3) is 0.500. The maximum Gasteiger partial charge on any atom is 0.417 e. The van der Waals surface area contributed by atoms with Gasteiger partial charge in [-0.15, -0.1) is 11.3 Å². The third-order valence-electron chi connectivity index (χ3n) is 3.78. The molecule has 6 nitrogen and oxygen atoms in total. The molecule has 0 aliphatic heterocycles. The molecule has 0 saturated carbocycles. The van der Waals surface area contributed by atoms with Gasteiger partial charge in [0.05, 0.1) is 22.7 Å². The predicted octanol–water partition coefficient (Wildman–Crippen LogP) is 4.40. The molecule has 0 radical (unpaired) electrons. The average molecular weight is 470 g/mol. The zero-order valence-electron chi connectivity index (χ0n) is 16.9. The number of hydrogen-bond acceptors (Lipinski definition) is 6. The molecule has 1 unspecified atom stereocenters. The summed E-state index contributed by atoms with van der Waals surface area (Å²) in [5.74, 6) is -1.04. The van der Waals surface area contributed by atoms with Gasteiger partial charge in [0.25, 0.3) is 5.91 Å². The Morgan fingerprint density at radius 3 is 2.32 bits per heavy atom. The predicted molar refractivity (Wildman–Crippen MR) is 103 cm³/mol. The van der Waals surface area contributed by atoms with Crippen molar-refractivity contribution in [3.63, 3.8) is 0 Å². The molecule has 2 aromatic rings. The van der Waals surface area contributed by atoms with Gasteiger partial charge in [-0.05, 0) is 33.8 Å². The van der Waals surface area contributed by atoms with Crippen molar-refractivity contribution in [2.24, 2.45) is 0 Å². The highest BCUT2D eigenvalue weighted by molar-refractivity contribution is 7.17. The molecule has 13 heteroatoms. The highest BCUT2D eigenvalue weighted by Crippen LogP contribution is 2.41. The highest BCUT2D eigenvalue weighted by Gasteiger charge is 2.39. The Labute approximate surface area is 177 Å². The summed E-state index contributed by atoms with van der Waals surface area (Å²) in [4.78, 5) is 19.9. The number of aromatic nitrogens is 2. The monoisotopic (exact) mass is 470 g/mol. The Morgan fingerprint density at radius 1 is 1.19 bits per heavy atom. The molecule has 0 saturated heterocycles. The number of hydrogen-bond donors (Lipinski definition) is 3. The van der Waals surface area contributed by atoms with Crippen molar-refractivity contribution in [2.75, 3.05) is 11.9 Å². The van der Waals surface area contributed by atoms with Gasteiger partial charge in [-0.1, -0.05) is 0 Å². The first-order valence-corrected chi connectivity index (χ1v) is 9.67. The molecule has 0 aliphatic carbocycles. The van der Waals surface area contributed by atoms with Crippen LogP contribution in [0.5, 0.6) is 0 Å². The zero-order valence-corrected chi connectivity index (χ0v) is 17.7. The zero-order chi connectivity index (χ0) is 23.8. The number of carbonyl (C=O) groups excluding carboxylic acids is 1. The first-order valence-electron chi connectivity index (χ1n) is 8.85. The van der Waals surface area contributed by atoms with Crippen LogP contribution < -0.4 is 10.6 Å². The number of carbonyl (C=O) groups is 1. The number of aryl methyl sites for hydroxylation is 1. The molecule has 0 aromatic carbocycles. The molecule has 1 atom stereocenters. The smallest absolute Gasteiger partial charge is 0.382 e. The molecular formula is C18H20F6N4O2S. The molecular weight excluding hydrogens is 450 g/mol. The first kappa shape index (κ1) is 24.9. The van der Waals surface area contributed by atoms with E-state index in [2.05, 4.69) is 15.3 Å². The third kappa shape index (κ3) is 6.53. The van der Waals surface area contributed by atoms with Crippen molar-refractivity contribution in [3.05, 3.63) is 28.5 Å². The summed E-state index contributed by atoms with van der Waals surface area (Å²) >= 11 is 0.583. The van der Waals surface area contributed by atoms with E-state index >= 15 is 0 Å². The number of aliphatic hydroxyl groups excluding tert-OH is 1. The molecule has 0 aliphatic rings. The minimum absolute atomic E-state index is 0.00338. The second-order valence-corrected chi connectivity index (χ2v) is 8.69. The molecule has 0 fully saturated rings. The number of rotatable bonds is 5. The maximum absolute atomic E-state index is 13.7. The van der Waals surface area contributed by atoms with E-state index in [1.165, 1.54) is 6.92 Å². The molecule has 172 valence electrons. The third-order valence-corrected chi connectivity index (χ3v) is 4.97. The summed E-state index contributed by atoms with van der Waals surface area (Å²) in [5, 5.41) is 13.3. The number of amides is 1. The van der Waals surface area contributed by atoms with Crippen LogP contribution in [0.1, 0.15) is 41.8 Å². The quantitative estimate of drug-likeness (QED) is 0.564. The van der Waals surface area contributed by atoms with Crippen LogP contribution in [0.4, 0.5) is 32.2 Å². The summed E-state index contributed by atoms with van der Waals surface area (Å²) in [7, 11) is 0. The largest absolute Gasteiger partial charge is 0.417 e. The number of nitrogens with zero attached hydrogens (tertiary/aromatic N) is 2. The van der Waals surface area contributed by atoms with Crippen LogP contribution in [0.3, 0.4) is 0 Å². The fourth-order valence-electron chi connectivity index (χ4n) is 2.45. The summed E-state index contributed by atoms with van der Waals surface area (Å²) in [6, 6.07) is 0.846. The van der Waals surface area contributed by atoms with Crippen LogP contribution in [0.15, 0.2) is 12.3 Å². The van der Waals surface area contributed by atoms with Gasteiger partial charge >= 0.3 is 12.4 Å². The van der Waals surface area contributed by atoms with Gasteiger partial charge < -0.3 is 15.7 Å². The van der Waals surface area contributed by atoms with Crippen LogP contribution in [-0.4, -0.2) is 45.3 Å². The second-order valence-electron chi connectivity index (χ2n) is 7.69. The van der Waals surface area contributed by atoms with Gasteiger partial charge in [-0.2, -0.15) is 26.3 Å². The van der Waals surface area contributed by atoms with Crippen LogP contribution in [0.25, 0.3) is 10.4 Å². The van der Waals surface area contributed by atoms with Crippen molar-refractivity contribution in [1.82, 2.24) is 15.3 Å². The van der Waals surface area contributed by atoms with Crippen molar-refractivity contribution in [1.29, 1.82) is 0 Å². The summed E-state index contributed by atoms with van der Waals surface area (Å²) < 4.78 is 78.1. The van der Waals surface area contributed by atoms with Gasteiger partial charge in [-0.3, -0.25) is 4.79 Å². The number of pyridine rings is 1. The van der Waals surface area contributed by atoms with E-state index in [0.717, 1.165) is 12.3 Å². The van der Waals surface area contributed by atoms with Crippen LogP contribution in [0.2, 0.25) is 0 Å². The van der Waals surface area contributed by atoms with Gasteiger partial charge in [0.2, 0.25) is 0 Å². The first-order chi connectivity index (χ1) is 14.0. The Hall–Kier alpha value is -2.41. The van der Waals surface area contributed by atoms with E-state index < -0.39 is 42.0 Å². The lowest BCUT2D eigenvalue weighted by molar-refractivity contribution is -0.201. The highest BCUT2D eigenvalue weighted by atomic mass is 32.1. The van der Waals surface area contributed by atoms with Crippen LogP contribution in [0, 0.1) is 6.92 Å². The van der Waals surface area contributed by atoms with E-state index in [0.29, 0.717) is 11.3 Å². The molecule has 31 heavy (non-hydrogen) atoms. The second kappa shape index (κ2) is 8.61. The Kier molecular flexibility index (Phi) is 6.91. The molecule has 0 bridgehead atoms. The van der Waals surface area contributed by atoms with E-state index in [1.54, 1.807) is 20.8 Å². The molecule has 1 amide bonds. The molecule has 2 heterocycles. The summed E-state index contributed by atoms with van der Waals surface area (Å²) in [5.41, 5.74) is -1.77. The summed E-state index contributed by atoms with van der Waals surface area (Å²) in [6.07, 6.45) is -11.4.